The smallest absolute Gasteiger partial charge is 0.329 e. The quantitative estimate of drug-likeness (QED) is 0.202. The fraction of sp³-hybridized carbons (Fsp3) is 0.565. The third-order valence-electron chi connectivity index (χ3n) is 15.3. The van der Waals surface area contributed by atoms with Crippen molar-refractivity contribution in [1.82, 2.24) is 34.2 Å². The first-order valence-corrected chi connectivity index (χ1v) is 24.5. The molecule has 4 aliphatic heterocycles. The topological polar surface area (TPSA) is 175 Å². The van der Waals surface area contributed by atoms with E-state index in [1.807, 2.05) is 16.7 Å². The molecule has 2 aliphatic carbocycles. The summed E-state index contributed by atoms with van der Waals surface area (Å²) in [6.45, 7) is 6.54. The van der Waals surface area contributed by atoms with Gasteiger partial charge in [0.25, 0.3) is 0 Å². The van der Waals surface area contributed by atoms with Gasteiger partial charge in [0.15, 0.2) is 15.7 Å². The molecule has 5 fully saturated rings. The number of aromatic nitrogens is 4. The molecule has 18 heteroatoms. The van der Waals surface area contributed by atoms with Crippen LogP contribution in [0.1, 0.15) is 94.2 Å². The number of hydrogen-bond acceptors (Lipinski definition) is 11. The van der Waals surface area contributed by atoms with E-state index in [0.29, 0.717) is 66.3 Å². The lowest BCUT2D eigenvalue weighted by Crippen LogP contribution is -2.52. The average Bonchev–Trinajstić information content (AvgIpc) is 3.88. The number of carbonyl (C=O) groups excluding carboxylic acids is 3. The van der Waals surface area contributed by atoms with E-state index >= 15 is 4.39 Å². The molecule has 2 aromatic carbocycles. The minimum Gasteiger partial charge on any atom is -0.369 e. The van der Waals surface area contributed by atoms with Crippen molar-refractivity contribution in [2.75, 3.05) is 54.9 Å². The summed E-state index contributed by atoms with van der Waals surface area (Å²) in [5.41, 5.74) is 2.89. The second-order valence-corrected chi connectivity index (χ2v) is 21.6. The molecule has 64 heavy (non-hydrogen) atoms. The summed E-state index contributed by atoms with van der Waals surface area (Å²) in [6.07, 6.45) is 11.3. The van der Waals surface area contributed by atoms with Crippen molar-refractivity contribution in [3.05, 3.63) is 64.0 Å². The number of nitrogens with zero attached hydrogens (tertiary/aromatic N) is 8. The van der Waals surface area contributed by atoms with E-state index in [4.69, 9.17) is 4.98 Å². The molecular weight excluding hydrogens is 840 g/mol. The third-order valence-corrected chi connectivity index (χ3v) is 17.4. The van der Waals surface area contributed by atoms with Crippen LogP contribution < -0.4 is 26.1 Å². The van der Waals surface area contributed by atoms with Crippen LogP contribution >= 0.6 is 0 Å². The molecule has 1 unspecified atom stereocenters. The largest absolute Gasteiger partial charge is 0.369 e. The number of fused-ring (bicyclic) bond motifs is 2. The van der Waals surface area contributed by atoms with Crippen molar-refractivity contribution in [2.45, 2.75) is 113 Å². The summed E-state index contributed by atoms with van der Waals surface area (Å²) in [7, 11) is -0.206. The number of likely N-dealkylation sites (tertiary alicyclic amines) is 1. The number of rotatable bonds is 9. The summed E-state index contributed by atoms with van der Waals surface area (Å²) in [4.78, 5) is 68.6. The van der Waals surface area contributed by atoms with E-state index in [1.165, 1.54) is 16.2 Å². The van der Waals surface area contributed by atoms with Crippen molar-refractivity contribution in [3.63, 3.8) is 0 Å². The number of imide groups is 1. The van der Waals surface area contributed by atoms with Gasteiger partial charge in [-0.3, -0.25) is 28.9 Å². The Balaban J connectivity index is 0.717. The summed E-state index contributed by atoms with van der Waals surface area (Å²) in [5, 5.41) is 5.18. The van der Waals surface area contributed by atoms with Crippen LogP contribution in [0.2, 0.25) is 0 Å². The van der Waals surface area contributed by atoms with Gasteiger partial charge >= 0.3 is 11.7 Å². The van der Waals surface area contributed by atoms with Crippen LogP contribution in [-0.2, 0) is 33.0 Å². The predicted octanol–water partition coefficient (Wildman–Crippen LogP) is 5.55. The Kier molecular flexibility index (Phi) is 10.8. The first-order valence-electron chi connectivity index (χ1n) is 22.9. The first kappa shape index (κ1) is 42.6. The number of halogens is 1. The standard InChI is InChI=1S/C46H57FN10O6S/c1-28-22-32(8-9-34(28)49-43-48-25-30-27-52(2)44(60)56(41(30)51-43)31-6-4-5-7-31)64(62,63)33-23-46(24-33)16-20-54(21-17-46)26-29-14-18-55(19-15-29)35-10-11-36-40(39(35)47)53(3)45(61)57(36)37-12-13-38(58)50-42(37)59/h8-11,22,25,29,31,33,37H,4-7,12-21,23-24,26-27H2,1-3H3,(H,48,49,51)(H,50,58,59). The number of benzene rings is 2. The van der Waals surface area contributed by atoms with E-state index in [9.17, 15) is 27.6 Å². The number of carbonyl (C=O) groups is 3. The number of piperidine rings is 3. The van der Waals surface area contributed by atoms with Crippen molar-refractivity contribution < 1.29 is 27.2 Å². The molecule has 1 atom stereocenters. The van der Waals surface area contributed by atoms with Crippen LogP contribution in [0.25, 0.3) is 11.0 Å². The number of hydrogen-bond donors (Lipinski definition) is 2. The van der Waals surface area contributed by atoms with Gasteiger partial charge in [-0.2, -0.15) is 4.98 Å². The highest BCUT2D eigenvalue weighted by atomic mass is 32.2. The minimum atomic E-state index is -3.52. The fourth-order valence-corrected chi connectivity index (χ4v) is 13.6. The molecule has 4 aromatic rings. The molecule has 0 bridgehead atoms. The van der Waals surface area contributed by atoms with Gasteiger partial charge < -0.3 is 20.0 Å². The fourth-order valence-electron chi connectivity index (χ4n) is 11.5. The Hall–Kier alpha value is -5.36. The number of nitrogens with one attached hydrogen (secondary N) is 2. The van der Waals surface area contributed by atoms with E-state index in [0.717, 1.165) is 87.8 Å². The van der Waals surface area contributed by atoms with E-state index < -0.39 is 38.5 Å². The Labute approximate surface area is 372 Å². The van der Waals surface area contributed by atoms with Gasteiger partial charge in [-0.05, 0) is 125 Å². The van der Waals surface area contributed by atoms with Gasteiger partial charge in [-0.25, -0.2) is 27.4 Å². The molecule has 2 N–H and O–H groups in total. The number of amides is 4. The second kappa shape index (κ2) is 16.3. The molecule has 0 radical (unpaired) electrons. The lowest BCUT2D eigenvalue weighted by molar-refractivity contribution is -0.135. The second-order valence-electron chi connectivity index (χ2n) is 19.3. The summed E-state index contributed by atoms with van der Waals surface area (Å²) < 4.78 is 46.6. The van der Waals surface area contributed by atoms with E-state index in [2.05, 4.69) is 20.5 Å². The molecule has 6 heterocycles. The summed E-state index contributed by atoms with van der Waals surface area (Å²) in [6, 6.07) is 7.83. The van der Waals surface area contributed by atoms with Crippen LogP contribution in [0, 0.1) is 24.1 Å². The molecule has 340 valence electrons. The molecule has 16 nitrogen and oxygen atoms in total. The van der Waals surface area contributed by atoms with Gasteiger partial charge in [0.2, 0.25) is 17.8 Å². The third kappa shape index (κ3) is 7.43. The number of sulfone groups is 1. The van der Waals surface area contributed by atoms with E-state index in [1.54, 1.807) is 48.5 Å². The predicted molar refractivity (Wildman–Crippen MR) is 240 cm³/mol. The highest BCUT2D eigenvalue weighted by molar-refractivity contribution is 7.92. The van der Waals surface area contributed by atoms with Gasteiger partial charge in [-0.1, -0.05) is 12.8 Å². The summed E-state index contributed by atoms with van der Waals surface area (Å²) >= 11 is 0. The van der Waals surface area contributed by atoms with Crippen LogP contribution in [-0.4, -0.2) is 106 Å². The number of urea groups is 1. The van der Waals surface area contributed by atoms with E-state index in [-0.39, 0.29) is 41.8 Å². The highest BCUT2D eigenvalue weighted by Crippen LogP contribution is 2.53. The van der Waals surface area contributed by atoms with Crippen molar-refractivity contribution >= 4 is 61.9 Å². The maximum absolute atomic E-state index is 16.2. The molecule has 3 saturated heterocycles. The Bertz CT molecular complexity index is 2710. The molecule has 1 spiro atoms. The molecular formula is C46H57FN10O6S. The summed E-state index contributed by atoms with van der Waals surface area (Å²) in [5.74, 6) is 0.0755. The SMILES string of the molecule is Cc1cc(S(=O)(=O)C2CC3(CCN(CC4CCN(c5ccc6c(c5F)n(C)c(=O)n6C5CCC(=O)NC5=O)CC4)CC3)C2)ccc1Nc1ncc2c(n1)N(C1CCCC1)C(=O)N(C)C2. The van der Waals surface area contributed by atoms with Gasteiger partial charge in [0, 0.05) is 63.6 Å². The molecule has 6 aliphatic rings. The average molecular weight is 897 g/mol. The normalized spacial score (nSPS) is 22.7. The maximum Gasteiger partial charge on any atom is 0.329 e. The van der Waals surface area contributed by atoms with Crippen LogP contribution in [0.15, 0.2) is 46.2 Å². The minimum absolute atomic E-state index is 0.0433. The van der Waals surface area contributed by atoms with Gasteiger partial charge in [-0.15, -0.1) is 0 Å². The Morgan fingerprint density at radius 2 is 1.67 bits per heavy atom. The Morgan fingerprint density at radius 3 is 2.38 bits per heavy atom. The monoisotopic (exact) mass is 896 g/mol. The maximum atomic E-state index is 16.2. The first-order chi connectivity index (χ1) is 30.7. The lowest BCUT2D eigenvalue weighted by Gasteiger charge is -2.52. The number of imidazole rings is 1. The van der Waals surface area contributed by atoms with Crippen LogP contribution in [0.3, 0.4) is 0 Å². The Morgan fingerprint density at radius 1 is 0.938 bits per heavy atom. The number of anilines is 4. The number of aryl methyl sites for hydroxylation is 2. The zero-order chi connectivity index (χ0) is 44.7. The van der Waals surface area contributed by atoms with Crippen LogP contribution in [0.4, 0.5) is 32.3 Å². The van der Waals surface area contributed by atoms with Crippen molar-refractivity contribution in [3.8, 4) is 0 Å². The lowest BCUT2D eigenvalue weighted by atomic mass is 9.63. The molecule has 10 rings (SSSR count). The van der Waals surface area contributed by atoms with Gasteiger partial charge in [0.1, 0.15) is 17.4 Å². The van der Waals surface area contributed by atoms with Crippen molar-refractivity contribution in [2.24, 2.45) is 18.4 Å². The highest BCUT2D eigenvalue weighted by Gasteiger charge is 2.51. The van der Waals surface area contributed by atoms with Crippen molar-refractivity contribution in [1.29, 1.82) is 0 Å². The van der Waals surface area contributed by atoms with Crippen LogP contribution in [0.5, 0.6) is 0 Å². The zero-order valence-corrected chi connectivity index (χ0v) is 37.6. The molecule has 2 saturated carbocycles. The van der Waals surface area contributed by atoms with Gasteiger partial charge in [0.05, 0.1) is 27.9 Å². The molecule has 4 amide bonds. The molecule has 2 aromatic heterocycles. The zero-order valence-electron chi connectivity index (χ0n) is 36.8.